The Morgan fingerprint density at radius 1 is 1.42 bits per heavy atom. The van der Waals surface area contributed by atoms with Crippen LogP contribution >= 0.6 is 11.6 Å². The monoisotopic (exact) mass is 284 g/mol. The number of likely N-dealkylation sites (tertiary alicyclic amines) is 1. The number of halogens is 2. The second-order valence-electron chi connectivity index (χ2n) is 5.92. The molecule has 2 rings (SSSR count). The standard InChI is InChI=1S/C14H18ClFN2O/c1-14(2,3)18-12(19)7-11(17)13(18)8-4-5-9(15)10(16)6-8/h4-6,11,13H,7,17H2,1-3H3/t11-,13-/m1/s1. The number of nitrogens with two attached hydrogens (primary N) is 1. The lowest BCUT2D eigenvalue weighted by atomic mass is 9.97. The highest BCUT2D eigenvalue weighted by Gasteiger charge is 2.43. The van der Waals surface area contributed by atoms with Gasteiger partial charge in [0.15, 0.2) is 0 Å². The van der Waals surface area contributed by atoms with E-state index in [1.54, 1.807) is 11.0 Å². The van der Waals surface area contributed by atoms with Crippen molar-refractivity contribution >= 4 is 17.5 Å². The van der Waals surface area contributed by atoms with E-state index in [1.807, 2.05) is 20.8 Å². The van der Waals surface area contributed by atoms with E-state index < -0.39 is 5.82 Å². The van der Waals surface area contributed by atoms with Crippen LogP contribution in [-0.4, -0.2) is 22.4 Å². The van der Waals surface area contributed by atoms with Crippen LogP contribution in [0, 0.1) is 5.82 Å². The minimum Gasteiger partial charge on any atom is -0.329 e. The van der Waals surface area contributed by atoms with E-state index in [4.69, 9.17) is 17.3 Å². The molecule has 0 unspecified atom stereocenters. The molecule has 0 bridgehead atoms. The summed E-state index contributed by atoms with van der Waals surface area (Å²) in [5.74, 6) is -0.486. The van der Waals surface area contributed by atoms with Crippen LogP contribution in [0.4, 0.5) is 4.39 Å². The molecule has 1 aliphatic rings. The predicted molar refractivity (Wildman–Crippen MR) is 73.3 cm³/mol. The quantitative estimate of drug-likeness (QED) is 0.862. The molecule has 104 valence electrons. The van der Waals surface area contributed by atoms with E-state index in [1.165, 1.54) is 12.1 Å². The molecular weight excluding hydrogens is 267 g/mol. The molecule has 2 N–H and O–H groups in total. The number of nitrogens with zero attached hydrogens (tertiary/aromatic N) is 1. The van der Waals surface area contributed by atoms with Gasteiger partial charge in [0.25, 0.3) is 0 Å². The van der Waals surface area contributed by atoms with Crippen molar-refractivity contribution in [3.63, 3.8) is 0 Å². The van der Waals surface area contributed by atoms with Crippen molar-refractivity contribution in [1.29, 1.82) is 0 Å². The highest BCUT2D eigenvalue weighted by Crippen LogP contribution is 2.38. The largest absolute Gasteiger partial charge is 0.329 e. The lowest BCUT2D eigenvalue weighted by molar-refractivity contribution is -0.133. The summed E-state index contributed by atoms with van der Waals surface area (Å²) in [5.41, 5.74) is 6.39. The van der Waals surface area contributed by atoms with Gasteiger partial charge < -0.3 is 10.6 Å². The average Bonchev–Trinajstić information content (AvgIpc) is 2.57. The number of hydrogen-bond donors (Lipinski definition) is 1. The molecule has 3 nitrogen and oxygen atoms in total. The average molecular weight is 285 g/mol. The molecule has 2 atom stereocenters. The normalized spacial score (nSPS) is 24.1. The van der Waals surface area contributed by atoms with E-state index in [0.29, 0.717) is 5.56 Å². The highest BCUT2D eigenvalue weighted by atomic mass is 35.5. The van der Waals surface area contributed by atoms with Gasteiger partial charge in [0.1, 0.15) is 5.82 Å². The molecule has 0 saturated carbocycles. The lowest BCUT2D eigenvalue weighted by Gasteiger charge is -2.38. The van der Waals surface area contributed by atoms with Gasteiger partial charge in [-0.25, -0.2) is 4.39 Å². The van der Waals surface area contributed by atoms with Crippen molar-refractivity contribution in [2.75, 3.05) is 0 Å². The van der Waals surface area contributed by atoms with Crippen LogP contribution in [0.25, 0.3) is 0 Å². The smallest absolute Gasteiger partial charge is 0.225 e. The van der Waals surface area contributed by atoms with Crippen molar-refractivity contribution in [3.05, 3.63) is 34.6 Å². The summed E-state index contributed by atoms with van der Waals surface area (Å²) in [6.45, 7) is 5.84. The van der Waals surface area contributed by atoms with E-state index in [0.717, 1.165) is 0 Å². The van der Waals surface area contributed by atoms with Crippen molar-refractivity contribution in [3.8, 4) is 0 Å². The molecule has 1 aromatic rings. The molecule has 1 aliphatic heterocycles. The summed E-state index contributed by atoms with van der Waals surface area (Å²) in [6.07, 6.45) is 0.284. The first kappa shape index (κ1) is 14.3. The van der Waals surface area contributed by atoms with Crippen LogP contribution in [0.1, 0.15) is 38.8 Å². The van der Waals surface area contributed by atoms with Crippen LogP contribution in [-0.2, 0) is 4.79 Å². The summed E-state index contributed by atoms with van der Waals surface area (Å²) in [4.78, 5) is 13.8. The Hall–Kier alpha value is -1.13. The molecule has 1 fully saturated rings. The fourth-order valence-corrected chi connectivity index (χ4v) is 2.76. The maximum Gasteiger partial charge on any atom is 0.225 e. The maximum atomic E-state index is 13.6. The number of hydrogen-bond acceptors (Lipinski definition) is 2. The Morgan fingerprint density at radius 3 is 2.58 bits per heavy atom. The zero-order valence-electron chi connectivity index (χ0n) is 11.3. The fraction of sp³-hybridized carbons (Fsp3) is 0.500. The Kier molecular flexibility index (Phi) is 3.58. The Bertz CT molecular complexity index is 513. The van der Waals surface area contributed by atoms with Crippen LogP contribution < -0.4 is 5.73 Å². The van der Waals surface area contributed by atoms with Crippen LogP contribution in [0.15, 0.2) is 18.2 Å². The molecule has 0 aromatic heterocycles. The third kappa shape index (κ3) is 2.60. The molecule has 1 amide bonds. The Labute approximate surface area is 117 Å². The molecule has 1 heterocycles. The first-order valence-corrected chi connectivity index (χ1v) is 6.62. The van der Waals surface area contributed by atoms with Gasteiger partial charge in [-0.05, 0) is 38.5 Å². The van der Waals surface area contributed by atoms with E-state index in [2.05, 4.69) is 0 Å². The van der Waals surface area contributed by atoms with Crippen molar-refractivity contribution in [1.82, 2.24) is 4.90 Å². The third-order valence-electron chi connectivity index (χ3n) is 3.37. The van der Waals surface area contributed by atoms with E-state index >= 15 is 0 Å². The Balaban J connectivity index is 2.45. The van der Waals surface area contributed by atoms with Crippen LogP contribution in [0.3, 0.4) is 0 Å². The second kappa shape index (κ2) is 4.76. The summed E-state index contributed by atoms with van der Waals surface area (Å²) >= 11 is 5.69. The van der Waals surface area contributed by atoms with Crippen LogP contribution in [0.2, 0.25) is 5.02 Å². The number of amides is 1. The highest BCUT2D eigenvalue weighted by molar-refractivity contribution is 6.30. The van der Waals surface area contributed by atoms with Crippen molar-refractivity contribution in [2.45, 2.75) is 44.8 Å². The zero-order valence-corrected chi connectivity index (χ0v) is 12.0. The molecule has 0 radical (unpaired) electrons. The zero-order chi connectivity index (χ0) is 14.4. The predicted octanol–water partition coefficient (Wildman–Crippen LogP) is 2.88. The summed E-state index contributed by atoms with van der Waals surface area (Å²) < 4.78 is 13.6. The molecule has 19 heavy (non-hydrogen) atoms. The molecular formula is C14H18ClFN2O. The van der Waals surface area contributed by atoms with Gasteiger partial charge in [0.2, 0.25) is 5.91 Å². The number of benzene rings is 1. The first-order valence-electron chi connectivity index (χ1n) is 6.24. The number of carbonyl (C=O) groups excluding carboxylic acids is 1. The van der Waals surface area contributed by atoms with Gasteiger partial charge in [-0.15, -0.1) is 0 Å². The SMILES string of the molecule is CC(C)(C)N1C(=O)C[C@@H](N)[C@H]1c1ccc(Cl)c(F)c1. The van der Waals surface area contributed by atoms with Gasteiger partial charge in [-0.1, -0.05) is 17.7 Å². The molecule has 1 saturated heterocycles. The number of rotatable bonds is 1. The summed E-state index contributed by atoms with van der Waals surface area (Å²) in [5, 5.41) is 0.0731. The van der Waals surface area contributed by atoms with E-state index in [9.17, 15) is 9.18 Å². The minimum absolute atomic E-state index is 0.000332. The molecule has 0 aliphatic carbocycles. The van der Waals surface area contributed by atoms with Crippen molar-refractivity contribution in [2.24, 2.45) is 5.73 Å². The molecule has 5 heteroatoms. The molecule has 0 spiro atoms. The van der Waals surface area contributed by atoms with Gasteiger partial charge >= 0.3 is 0 Å². The van der Waals surface area contributed by atoms with Crippen LogP contribution in [0.5, 0.6) is 0 Å². The summed E-state index contributed by atoms with van der Waals surface area (Å²) in [6, 6.07) is 3.96. The Morgan fingerprint density at radius 2 is 2.05 bits per heavy atom. The minimum atomic E-state index is -0.487. The van der Waals surface area contributed by atoms with Crippen molar-refractivity contribution < 1.29 is 9.18 Å². The van der Waals surface area contributed by atoms with Gasteiger partial charge in [-0.3, -0.25) is 4.79 Å². The fourth-order valence-electron chi connectivity index (χ4n) is 2.64. The second-order valence-corrected chi connectivity index (χ2v) is 6.33. The van der Waals surface area contributed by atoms with Gasteiger partial charge in [0, 0.05) is 18.0 Å². The van der Waals surface area contributed by atoms with E-state index in [-0.39, 0.29) is 35.0 Å². The molecule has 1 aromatic carbocycles. The maximum absolute atomic E-state index is 13.6. The topological polar surface area (TPSA) is 46.3 Å². The van der Waals surface area contributed by atoms with Gasteiger partial charge in [0.05, 0.1) is 11.1 Å². The lowest BCUT2D eigenvalue weighted by Crippen LogP contribution is -2.45. The summed E-state index contributed by atoms with van der Waals surface area (Å²) in [7, 11) is 0. The third-order valence-corrected chi connectivity index (χ3v) is 3.68. The van der Waals surface area contributed by atoms with Gasteiger partial charge in [-0.2, -0.15) is 0 Å². The first-order chi connectivity index (χ1) is 8.71. The number of carbonyl (C=O) groups is 1.